The third-order valence-corrected chi connectivity index (χ3v) is 17.8. The summed E-state index contributed by atoms with van der Waals surface area (Å²) < 4.78 is 42.4. The fraction of sp³-hybridized carbons (Fsp3) is 0.450. The van der Waals surface area contributed by atoms with E-state index in [0.717, 1.165) is 64.6 Å². The molecule has 5 aromatic rings. The van der Waals surface area contributed by atoms with E-state index >= 15 is 0 Å². The average molecular weight is 1100 g/mol. The summed E-state index contributed by atoms with van der Waals surface area (Å²) in [7, 11) is 12.6. The van der Waals surface area contributed by atoms with Gasteiger partial charge in [0.1, 0.15) is 19.8 Å². The van der Waals surface area contributed by atoms with Gasteiger partial charge in [-0.05, 0) is 105 Å². The monoisotopic (exact) mass is 1100 g/mol. The van der Waals surface area contributed by atoms with Crippen molar-refractivity contribution in [1.82, 2.24) is 0 Å². The maximum atomic E-state index is 14.4. The van der Waals surface area contributed by atoms with Crippen molar-refractivity contribution in [2.45, 2.75) is 70.1 Å². The zero-order valence-corrected chi connectivity index (χ0v) is 47.9. The third kappa shape index (κ3) is 13.1. The fourth-order valence-corrected chi connectivity index (χ4v) is 13.4. The second-order valence-electron chi connectivity index (χ2n) is 20.6. The molecule has 78 heavy (non-hydrogen) atoms. The lowest BCUT2D eigenvalue weighted by atomic mass is 10.1. The van der Waals surface area contributed by atoms with Crippen LogP contribution in [-0.2, 0) is 45.1 Å². The van der Waals surface area contributed by atoms with Crippen molar-refractivity contribution in [3.63, 3.8) is 0 Å². The largest absolute Gasteiger partial charge is 0.493 e. The highest BCUT2D eigenvalue weighted by Crippen LogP contribution is 2.45. The molecular formula is C60H74N6O10S2. The third-order valence-electron chi connectivity index (χ3n) is 14.4. The number of likely N-dealkylation sites (N-methyl/N-ethyl adjacent to an activating group) is 2. The predicted molar refractivity (Wildman–Crippen MR) is 314 cm³/mol. The van der Waals surface area contributed by atoms with Crippen LogP contribution in [0.1, 0.15) is 70.2 Å². The molecule has 0 unspecified atom stereocenters. The molecule has 16 nitrogen and oxygen atoms in total. The van der Waals surface area contributed by atoms with Crippen molar-refractivity contribution in [3.05, 3.63) is 124 Å². The molecule has 0 bridgehead atoms. The van der Waals surface area contributed by atoms with Gasteiger partial charge in [-0.3, -0.25) is 9.59 Å². The van der Waals surface area contributed by atoms with Crippen molar-refractivity contribution < 1.29 is 47.6 Å². The number of para-hydroxylation sites is 2. The van der Waals surface area contributed by atoms with Gasteiger partial charge in [-0.2, -0.15) is 0 Å². The normalized spacial score (nSPS) is 16.5. The van der Waals surface area contributed by atoms with Gasteiger partial charge < -0.3 is 62.5 Å². The summed E-state index contributed by atoms with van der Waals surface area (Å²) in [5, 5.41) is 3.89. The second-order valence-corrected chi connectivity index (χ2v) is 23.7. The molecule has 4 aliphatic heterocycles. The van der Waals surface area contributed by atoms with Crippen molar-refractivity contribution in [1.29, 1.82) is 0 Å². The summed E-state index contributed by atoms with van der Waals surface area (Å²) in [6.07, 6.45) is 4.12. The van der Waals surface area contributed by atoms with E-state index < -0.39 is 0 Å². The molecular weight excluding hydrogens is 1030 g/mol. The number of carbonyl (C=O) groups excluding carboxylic acids is 2. The number of nitrogens with zero attached hydrogens (tertiary/aromatic N) is 6. The van der Waals surface area contributed by atoms with Gasteiger partial charge in [0, 0.05) is 93.3 Å². The van der Waals surface area contributed by atoms with Crippen molar-refractivity contribution in [2.75, 3.05) is 131 Å². The highest BCUT2D eigenvalue weighted by molar-refractivity contribution is 8.77. The van der Waals surface area contributed by atoms with Crippen LogP contribution < -0.4 is 43.4 Å². The summed E-state index contributed by atoms with van der Waals surface area (Å²) in [6.45, 7) is 12.4. The smallest absolute Gasteiger partial charge is 0.260 e. The van der Waals surface area contributed by atoms with Crippen LogP contribution in [-0.4, -0.2) is 142 Å². The lowest BCUT2D eigenvalue weighted by Gasteiger charge is -2.34. The van der Waals surface area contributed by atoms with Crippen LogP contribution in [0.4, 0.5) is 28.4 Å². The van der Waals surface area contributed by atoms with E-state index in [1.807, 2.05) is 113 Å². The van der Waals surface area contributed by atoms with Crippen LogP contribution >= 0.6 is 21.6 Å². The Kier molecular flexibility index (Phi) is 18.9. The van der Waals surface area contributed by atoms with Crippen molar-refractivity contribution in [2.24, 2.45) is 5.16 Å². The predicted octanol–water partition coefficient (Wildman–Crippen LogP) is 9.96. The van der Waals surface area contributed by atoms with Gasteiger partial charge in [0.25, 0.3) is 11.8 Å². The topological polar surface area (TPSA) is 137 Å². The van der Waals surface area contributed by atoms with Crippen LogP contribution in [0, 0.1) is 0 Å². The zero-order valence-electron chi connectivity index (χ0n) is 46.3. The van der Waals surface area contributed by atoms with Gasteiger partial charge >= 0.3 is 0 Å². The van der Waals surface area contributed by atoms with Crippen LogP contribution in [0.3, 0.4) is 0 Å². The second kappa shape index (κ2) is 26.1. The van der Waals surface area contributed by atoms with Crippen LogP contribution in [0.25, 0.3) is 0 Å². The lowest BCUT2D eigenvalue weighted by molar-refractivity contribution is 0.0264. The SMILES string of the molecule is CC=NOCCCSSC(C)(C)CN(CCOCCOCCOC)c1cc(COc2cc3c(cc2OC)C(=O)N2c4ccccc4C[C@H]2CN3C)cc(COc2cc3c(cc2OC)C(=O)N2c4ccccc4C[C@H]2CN3C)c1. The molecule has 2 atom stereocenters. The Labute approximate surface area is 467 Å². The van der Waals surface area contributed by atoms with Gasteiger partial charge in [0.2, 0.25) is 0 Å². The quantitative estimate of drug-likeness (QED) is 0.0213. The summed E-state index contributed by atoms with van der Waals surface area (Å²) in [6, 6.07) is 30.3. The van der Waals surface area contributed by atoms with Gasteiger partial charge in [-0.15, -0.1) is 0 Å². The van der Waals surface area contributed by atoms with Gasteiger partial charge in [0.05, 0.1) is 81.8 Å². The molecule has 9 rings (SSSR count). The molecule has 0 aromatic heterocycles. The number of ether oxygens (including phenoxy) is 7. The molecule has 0 aliphatic carbocycles. The Balaban J connectivity index is 1.01. The Morgan fingerprint density at radius 1 is 0.654 bits per heavy atom. The first-order valence-corrected chi connectivity index (χ1v) is 29.1. The van der Waals surface area contributed by atoms with E-state index in [4.69, 9.17) is 38.0 Å². The molecule has 4 heterocycles. The molecule has 5 aromatic carbocycles. The highest BCUT2D eigenvalue weighted by atomic mass is 33.1. The number of oxime groups is 1. The molecule has 0 spiro atoms. The average Bonchev–Trinajstić information content (AvgIpc) is 4.13. The molecule has 0 fully saturated rings. The first-order chi connectivity index (χ1) is 37.9. The Morgan fingerprint density at radius 3 is 1.71 bits per heavy atom. The zero-order chi connectivity index (χ0) is 54.8. The maximum absolute atomic E-state index is 14.4. The molecule has 0 N–H and O–H groups in total. The molecule has 4 aliphatic rings. The highest BCUT2D eigenvalue weighted by Gasteiger charge is 2.41. The molecule has 18 heteroatoms. The first-order valence-electron chi connectivity index (χ1n) is 26.8. The Morgan fingerprint density at radius 2 is 1.18 bits per heavy atom. The lowest BCUT2D eigenvalue weighted by Crippen LogP contribution is -2.41. The van der Waals surface area contributed by atoms with Crippen LogP contribution in [0.2, 0.25) is 0 Å². The number of hydrogen-bond donors (Lipinski definition) is 0. The van der Waals surface area contributed by atoms with Crippen LogP contribution in [0.5, 0.6) is 23.0 Å². The number of benzene rings is 5. The molecule has 2 amide bonds. The summed E-state index contributed by atoms with van der Waals surface area (Å²) >= 11 is 0. The van der Waals surface area contributed by atoms with E-state index in [2.05, 4.69) is 64.0 Å². The Bertz CT molecular complexity index is 2760. The Hall–Kier alpha value is -6.31. The summed E-state index contributed by atoms with van der Waals surface area (Å²) in [5.74, 6) is 2.79. The number of hydrogen-bond acceptors (Lipinski definition) is 16. The van der Waals surface area contributed by atoms with E-state index in [9.17, 15) is 9.59 Å². The number of fused-ring (bicyclic) bond motifs is 8. The minimum absolute atomic E-state index is 0.000920. The number of rotatable bonds is 27. The number of anilines is 5. The van der Waals surface area contributed by atoms with E-state index in [1.54, 1.807) is 27.5 Å². The maximum Gasteiger partial charge on any atom is 0.260 e. The summed E-state index contributed by atoms with van der Waals surface area (Å²) in [5.41, 5.74) is 9.74. The fourth-order valence-electron chi connectivity index (χ4n) is 10.8. The minimum Gasteiger partial charge on any atom is -0.493 e. The first kappa shape index (κ1) is 56.4. The van der Waals surface area contributed by atoms with Gasteiger partial charge in [-0.1, -0.05) is 63.1 Å². The molecule has 0 radical (unpaired) electrons. The van der Waals surface area contributed by atoms with E-state index in [1.165, 1.54) is 11.1 Å². The molecule has 416 valence electrons. The van der Waals surface area contributed by atoms with Crippen LogP contribution in [0.15, 0.2) is 96.2 Å². The standard InChI is InChI=1S/C60H74N6O10S2/c1-9-61-76-20-14-26-77-78-60(2,3)40-64(19-21-72-24-25-73-23-22-69-6)45-28-41(38-74-56-34-52-48(32-54(56)70-7)58(67)65-46(36-62(52)4)30-43-15-10-12-17-50(43)65)27-42(29-45)39-75-57-35-53-49(33-55(57)71-8)59(68)66-47(37-63(53)5)31-44-16-11-13-18-51(44)66/h9-13,15-18,27-29,32-35,46-47H,14,19-26,30-31,36-40H2,1-8H3/t46-,47-/m0/s1. The van der Waals surface area contributed by atoms with Crippen molar-refractivity contribution in [3.8, 4) is 23.0 Å². The van der Waals surface area contributed by atoms with Crippen molar-refractivity contribution >= 4 is 68.1 Å². The molecule has 0 saturated heterocycles. The van der Waals surface area contributed by atoms with Gasteiger partial charge in [-0.25, -0.2) is 0 Å². The number of amides is 2. The molecule has 0 saturated carbocycles. The van der Waals surface area contributed by atoms with E-state index in [0.29, 0.717) is 99.9 Å². The van der Waals surface area contributed by atoms with Gasteiger partial charge in [0.15, 0.2) is 23.0 Å². The summed E-state index contributed by atoms with van der Waals surface area (Å²) in [4.78, 5) is 44.8. The minimum atomic E-state index is -0.189. The number of methoxy groups -OCH3 is 3. The van der Waals surface area contributed by atoms with E-state index in [-0.39, 0.29) is 41.9 Å². The number of carbonyl (C=O) groups is 2.